The summed E-state index contributed by atoms with van der Waals surface area (Å²) in [6, 6.07) is 16.8. The van der Waals surface area contributed by atoms with Gasteiger partial charge in [-0.05, 0) is 25.1 Å². The third-order valence-corrected chi connectivity index (χ3v) is 5.61. The number of carbonyl (C=O) groups excluding carboxylic acids is 1. The number of nitrogens with one attached hydrogen (secondary N) is 2. The minimum Gasteiger partial charge on any atom is -0.345 e. The first-order chi connectivity index (χ1) is 13.7. The summed E-state index contributed by atoms with van der Waals surface area (Å²) in [7, 11) is 0. The number of likely N-dealkylation sites (tertiary alicyclic amines) is 1. The molecule has 6 nitrogen and oxygen atoms in total. The molecule has 1 saturated heterocycles. The van der Waals surface area contributed by atoms with Crippen molar-refractivity contribution in [2.45, 2.75) is 25.8 Å². The monoisotopic (exact) mass is 377 g/mol. The van der Waals surface area contributed by atoms with Gasteiger partial charge >= 0.3 is 0 Å². The summed E-state index contributed by atoms with van der Waals surface area (Å²) in [5.41, 5.74) is 0.704. The number of benzene rings is 2. The van der Waals surface area contributed by atoms with E-state index >= 15 is 0 Å². The van der Waals surface area contributed by atoms with Crippen molar-refractivity contribution in [3.05, 3.63) is 70.6 Å². The van der Waals surface area contributed by atoms with Crippen molar-refractivity contribution in [3.63, 3.8) is 0 Å². The Kier molecular flexibility index (Phi) is 5.21. The molecule has 0 aliphatic carbocycles. The second kappa shape index (κ2) is 7.94. The highest BCUT2D eigenvalue weighted by atomic mass is 16.2. The number of para-hydroxylation sites is 1. The van der Waals surface area contributed by atoms with Crippen LogP contribution in [0.4, 0.5) is 0 Å². The van der Waals surface area contributed by atoms with Crippen molar-refractivity contribution < 1.29 is 9.69 Å². The maximum atomic E-state index is 13.0. The topological polar surface area (TPSA) is 68.4 Å². The predicted molar refractivity (Wildman–Crippen MR) is 109 cm³/mol. The minimum atomic E-state index is -0.233. The molecule has 3 aromatic rings. The van der Waals surface area contributed by atoms with Gasteiger partial charge in [-0.15, -0.1) is 0 Å². The lowest BCUT2D eigenvalue weighted by Gasteiger charge is -2.20. The Morgan fingerprint density at radius 2 is 1.86 bits per heavy atom. The molecule has 144 valence electrons. The zero-order valence-electron chi connectivity index (χ0n) is 16.0. The minimum absolute atomic E-state index is 0.226. The lowest BCUT2D eigenvalue weighted by molar-refractivity contribution is -0.909. The summed E-state index contributed by atoms with van der Waals surface area (Å²) in [6.45, 7) is 5.04. The molecule has 0 radical (unpaired) electrons. The smallest absolute Gasteiger partial charge is 0.279 e. The molecule has 1 unspecified atom stereocenters. The predicted octanol–water partition coefficient (Wildman–Crippen LogP) is 1.18. The normalized spacial score (nSPS) is 19.0. The average molecular weight is 377 g/mol. The van der Waals surface area contributed by atoms with Gasteiger partial charge in [0, 0.05) is 18.2 Å². The standard InChI is InChI=1S/C22H24N4O2/c1-2-25-14-8-11-17(25)15-23-21(27)20-18-12-6-7-13-19(18)22(28)26(24-20)16-9-4-3-5-10-16/h3-7,9-10,12-13,17H,2,8,11,14-15H2,1H3,(H,23,27)/p+1/t17-/m1/s1. The van der Waals surface area contributed by atoms with Gasteiger partial charge in [0.25, 0.3) is 11.5 Å². The SMILES string of the molecule is CC[NH+]1CCC[C@@H]1CNC(=O)c1nn(-c2ccccc2)c(=O)c2ccccc12. The van der Waals surface area contributed by atoms with Crippen LogP contribution in [0, 0.1) is 0 Å². The molecule has 2 atom stereocenters. The number of hydrogen-bond acceptors (Lipinski definition) is 3. The van der Waals surface area contributed by atoms with Crippen LogP contribution in [0.3, 0.4) is 0 Å². The number of rotatable bonds is 5. The van der Waals surface area contributed by atoms with Crippen molar-refractivity contribution in [1.29, 1.82) is 0 Å². The number of carbonyl (C=O) groups is 1. The molecule has 2 aromatic carbocycles. The van der Waals surface area contributed by atoms with Crippen LogP contribution >= 0.6 is 0 Å². The molecule has 0 saturated carbocycles. The molecule has 2 heterocycles. The van der Waals surface area contributed by atoms with E-state index in [2.05, 4.69) is 17.3 Å². The Morgan fingerprint density at radius 1 is 1.14 bits per heavy atom. The zero-order chi connectivity index (χ0) is 19.5. The van der Waals surface area contributed by atoms with Crippen molar-refractivity contribution in [2.24, 2.45) is 0 Å². The van der Waals surface area contributed by atoms with Gasteiger partial charge in [-0.1, -0.05) is 36.4 Å². The van der Waals surface area contributed by atoms with E-state index in [0.717, 1.165) is 19.5 Å². The van der Waals surface area contributed by atoms with E-state index < -0.39 is 0 Å². The zero-order valence-corrected chi connectivity index (χ0v) is 16.0. The van der Waals surface area contributed by atoms with Crippen LogP contribution in [0.2, 0.25) is 0 Å². The van der Waals surface area contributed by atoms with Gasteiger partial charge in [-0.3, -0.25) is 9.59 Å². The molecule has 1 aromatic heterocycles. The maximum Gasteiger partial charge on any atom is 0.279 e. The first-order valence-corrected chi connectivity index (χ1v) is 9.89. The molecule has 0 bridgehead atoms. The Balaban J connectivity index is 1.70. The highest BCUT2D eigenvalue weighted by Gasteiger charge is 2.28. The largest absolute Gasteiger partial charge is 0.345 e. The first-order valence-electron chi connectivity index (χ1n) is 9.89. The molecule has 0 spiro atoms. The van der Waals surface area contributed by atoms with E-state index in [4.69, 9.17) is 0 Å². The molecule has 4 rings (SSSR count). The fourth-order valence-corrected chi connectivity index (χ4v) is 4.10. The van der Waals surface area contributed by atoms with Crippen molar-refractivity contribution >= 4 is 16.7 Å². The summed E-state index contributed by atoms with van der Waals surface area (Å²) in [6.07, 6.45) is 2.32. The number of amides is 1. The number of likely N-dealkylation sites (N-methyl/N-ethyl adjacent to an activating group) is 1. The Morgan fingerprint density at radius 3 is 2.61 bits per heavy atom. The van der Waals surface area contributed by atoms with Crippen molar-refractivity contribution in [1.82, 2.24) is 15.1 Å². The molecule has 2 N–H and O–H groups in total. The van der Waals surface area contributed by atoms with Gasteiger partial charge in [-0.2, -0.15) is 9.78 Å². The van der Waals surface area contributed by atoms with Gasteiger partial charge in [0.05, 0.1) is 30.7 Å². The molecular weight excluding hydrogens is 352 g/mol. The van der Waals surface area contributed by atoms with Crippen LogP contribution < -0.4 is 15.8 Å². The average Bonchev–Trinajstić information content (AvgIpc) is 3.21. The highest BCUT2D eigenvalue weighted by molar-refractivity contribution is 6.04. The number of nitrogens with zero attached hydrogens (tertiary/aromatic N) is 2. The lowest BCUT2D eigenvalue weighted by Crippen LogP contribution is -3.14. The van der Waals surface area contributed by atoms with Gasteiger partial charge in [-0.25, -0.2) is 0 Å². The molecule has 28 heavy (non-hydrogen) atoms. The number of fused-ring (bicyclic) bond motifs is 1. The summed E-state index contributed by atoms with van der Waals surface area (Å²) >= 11 is 0. The summed E-state index contributed by atoms with van der Waals surface area (Å²) < 4.78 is 1.32. The molecule has 6 heteroatoms. The van der Waals surface area contributed by atoms with Crippen LogP contribution in [0.15, 0.2) is 59.4 Å². The first kappa shape index (κ1) is 18.4. The fraction of sp³-hybridized carbons (Fsp3) is 0.318. The third-order valence-electron chi connectivity index (χ3n) is 5.61. The van der Waals surface area contributed by atoms with Crippen LogP contribution in [0.1, 0.15) is 30.3 Å². The lowest BCUT2D eigenvalue weighted by atomic mass is 10.1. The van der Waals surface area contributed by atoms with Gasteiger partial charge in [0.2, 0.25) is 0 Å². The second-order valence-corrected chi connectivity index (χ2v) is 7.26. The molecule has 1 fully saturated rings. The van der Waals surface area contributed by atoms with Crippen LogP contribution in [-0.4, -0.2) is 41.4 Å². The van der Waals surface area contributed by atoms with Crippen LogP contribution in [-0.2, 0) is 0 Å². The van der Waals surface area contributed by atoms with Crippen LogP contribution in [0.25, 0.3) is 16.5 Å². The Labute approximate surface area is 163 Å². The Hall–Kier alpha value is -2.99. The summed E-state index contributed by atoms with van der Waals surface area (Å²) in [4.78, 5) is 27.5. The van der Waals surface area contributed by atoms with E-state index in [9.17, 15) is 9.59 Å². The molecule has 1 aliphatic heterocycles. The molecular formula is C22H25N4O2+. The quantitative estimate of drug-likeness (QED) is 0.702. The number of aromatic nitrogens is 2. The number of quaternary nitrogens is 1. The highest BCUT2D eigenvalue weighted by Crippen LogP contribution is 2.15. The van der Waals surface area contributed by atoms with Gasteiger partial charge in [0.1, 0.15) is 6.04 Å². The molecule has 1 aliphatic rings. The maximum absolute atomic E-state index is 13.0. The van der Waals surface area contributed by atoms with Crippen LogP contribution in [0.5, 0.6) is 0 Å². The summed E-state index contributed by atoms with van der Waals surface area (Å²) in [5.74, 6) is -0.233. The fourth-order valence-electron chi connectivity index (χ4n) is 4.10. The third kappa shape index (κ3) is 3.43. The van der Waals surface area contributed by atoms with E-state index in [1.807, 2.05) is 42.5 Å². The Bertz CT molecular complexity index is 1050. The van der Waals surface area contributed by atoms with Crippen molar-refractivity contribution in [2.75, 3.05) is 19.6 Å². The van der Waals surface area contributed by atoms with E-state index in [1.54, 1.807) is 12.1 Å². The van der Waals surface area contributed by atoms with Crippen molar-refractivity contribution in [3.8, 4) is 5.69 Å². The van der Waals surface area contributed by atoms with Gasteiger partial charge in [0.15, 0.2) is 5.69 Å². The van der Waals surface area contributed by atoms with Gasteiger partial charge < -0.3 is 10.2 Å². The van der Waals surface area contributed by atoms with E-state index in [0.29, 0.717) is 29.0 Å². The molecule has 1 amide bonds. The van der Waals surface area contributed by atoms with E-state index in [1.165, 1.54) is 16.0 Å². The second-order valence-electron chi connectivity index (χ2n) is 7.26. The summed E-state index contributed by atoms with van der Waals surface area (Å²) in [5, 5.41) is 8.58. The number of hydrogen-bond donors (Lipinski definition) is 2. The van der Waals surface area contributed by atoms with E-state index in [-0.39, 0.29) is 17.2 Å².